The van der Waals surface area contributed by atoms with Crippen molar-refractivity contribution in [1.29, 1.82) is 0 Å². The Kier molecular flexibility index (Phi) is 6.87. The van der Waals surface area contributed by atoms with Crippen LogP contribution < -0.4 is 4.72 Å². The van der Waals surface area contributed by atoms with E-state index in [1.807, 2.05) is 0 Å². The number of piperidine rings is 1. The molecule has 8 nitrogen and oxygen atoms in total. The lowest BCUT2D eigenvalue weighted by Crippen LogP contribution is -2.48. The molecule has 2 amide bonds. The van der Waals surface area contributed by atoms with Crippen molar-refractivity contribution < 1.29 is 36.3 Å². The molecule has 0 saturated carbocycles. The number of nitrogens with zero attached hydrogens (tertiary/aromatic N) is 2. The Morgan fingerprint density at radius 1 is 1.10 bits per heavy atom. The average molecular weight is 528 g/mol. The first-order valence-corrected chi connectivity index (χ1v) is 11.8. The fourth-order valence-corrected chi connectivity index (χ4v) is 5.73. The largest absolute Gasteiger partial charge is 0.465 e. The van der Waals surface area contributed by atoms with Crippen molar-refractivity contribution in [3.8, 4) is 0 Å². The number of nitrogens with one attached hydrogen (secondary N) is 1. The number of amides is 2. The zero-order valence-corrected chi connectivity index (χ0v) is 18.6. The van der Waals surface area contributed by atoms with Crippen LogP contribution in [0.15, 0.2) is 27.6 Å². The Morgan fingerprint density at radius 2 is 1.71 bits per heavy atom. The molecule has 0 aromatic heterocycles. The van der Waals surface area contributed by atoms with Crippen molar-refractivity contribution in [3.05, 3.63) is 28.2 Å². The molecule has 13 heteroatoms. The summed E-state index contributed by atoms with van der Waals surface area (Å²) in [5.41, 5.74) is -1.26. The second-order valence-corrected chi connectivity index (χ2v) is 10.2. The van der Waals surface area contributed by atoms with Gasteiger partial charge in [-0.3, -0.25) is 4.79 Å². The van der Waals surface area contributed by atoms with Crippen LogP contribution in [0.3, 0.4) is 0 Å². The van der Waals surface area contributed by atoms with Gasteiger partial charge in [-0.2, -0.15) is 13.2 Å². The van der Waals surface area contributed by atoms with Gasteiger partial charge in [0.2, 0.25) is 15.9 Å². The maximum absolute atomic E-state index is 13.3. The lowest BCUT2D eigenvalue weighted by molar-refractivity contribution is -0.140. The van der Waals surface area contributed by atoms with Gasteiger partial charge in [0.05, 0.1) is 16.4 Å². The summed E-state index contributed by atoms with van der Waals surface area (Å²) >= 11 is 2.93. The van der Waals surface area contributed by atoms with E-state index in [1.54, 1.807) is 4.90 Å². The van der Waals surface area contributed by atoms with E-state index >= 15 is 0 Å². The highest BCUT2D eigenvalue weighted by atomic mass is 79.9. The molecule has 2 saturated heterocycles. The molecule has 0 aliphatic carbocycles. The third kappa shape index (κ3) is 5.50. The summed E-state index contributed by atoms with van der Waals surface area (Å²) in [6.07, 6.45) is -4.98. The number of sulfonamides is 1. The predicted octanol–water partition coefficient (Wildman–Crippen LogP) is 2.74. The van der Waals surface area contributed by atoms with Crippen LogP contribution in [0.5, 0.6) is 0 Å². The van der Waals surface area contributed by atoms with Crippen LogP contribution in [0.1, 0.15) is 24.8 Å². The lowest BCUT2D eigenvalue weighted by atomic mass is 10.0. The molecule has 0 bridgehead atoms. The number of rotatable bonds is 4. The zero-order valence-electron chi connectivity index (χ0n) is 16.2. The number of alkyl halides is 3. The van der Waals surface area contributed by atoms with Gasteiger partial charge in [0.1, 0.15) is 0 Å². The van der Waals surface area contributed by atoms with E-state index in [2.05, 4.69) is 20.7 Å². The molecular weight excluding hydrogens is 507 g/mol. The topological polar surface area (TPSA) is 107 Å². The van der Waals surface area contributed by atoms with E-state index in [0.717, 1.165) is 12.1 Å². The van der Waals surface area contributed by atoms with Gasteiger partial charge in [-0.15, -0.1) is 0 Å². The molecule has 0 radical (unpaired) electrons. The van der Waals surface area contributed by atoms with Crippen LogP contribution >= 0.6 is 15.9 Å². The third-order valence-corrected chi connectivity index (χ3v) is 7.54. The van der Waals surface area contributed by atoms with Gasteiger partial charge in [-0.05, 0) is 37.5 Å². The summed E-state index contributed by atoms with van der Waals surface area (Å²) in [6, 6.07) is 2.24. The van der Waals surface area contributed by atoms with Crippen molar-refractivity contribution in [2.24, 2.45) is 5.92 Å². The molecule has 0 spiro atoms. The molecule has 2 heterocycles. The monoisotopic (exact) mass is 527 g/mol. The fourth-order valence-electron chi connectivity index (χ4n) is 3.85. The maximum atomic E-state index is 13.3. The molecule has 1 atom stereocenters. The number of hydrogen-bond donors (Lipinski definition) is 2. The lowest BCUT2D eigenvalue weighted by Gasteiger charge is -2.33. The van der Waals surface area contributed by atoms with Crippen LogP contribution in [0.25, 0.3) is 0 Å². The Bertz CT molecular complexity index is 965. The number of likely N-dealkylation sites (tertiary alicyclic amines) is 2. The van der Waals surface area contributed by atoms with E-state index in [4.69, 9.17) is 5.11 Å². The van der Waals surface area contributed by atoms with Crippen LogP contribution in [0, 0.1) is 5.92 Å². The highest BCUT2D eigenvalue weighted by molar-refractivity contribution is 9.10. The second-order valence-electron chi connectivity index (χ2n) is 7.57. The first-order chi connectivity index (χ1) is 14.4. The van der Waals surface area contributed by atoms with Gasteiger partial charge in [0.15, 0.2) is 0 Å². The van der Waals surface area contributed by atoms with E-state index in [-0.39, 0.29) is 49.4 Å². The Balaban J connectivity index is 1.62. The molecule has 31 heavy (non-hydrogen) atoms. The summed E-state index contributed by atoms with van der Waals surface area (Å²) in [4.78, 5) is 25.5. The molecule has 1 aromatic carbocycles. The number of halogens is 4. The Labute approximate surface area is 185 Å². The summed E-state index contributed by atoms with van der Waals surface area (Å²) in [5, 5.41) is 9.01. The van der Waals surface area contributed by atoms with Crippen molar-refractivity contribution in [2.45, 2.75) is 36.4 Å². The highest BCUT2D eigenvalue weighted by Gasteiger charge is 2.39. The zero-order chi connectivity index (χ0) is 23.0. The molecule has 2 aliphatic rings. The number of hydrogen-bond acceptors (Lipinski definition) is 4. The van der Waals surface area contributed by atoms with Crippen LogP contribution in [-0.2, 0) is 21.0 Å². The van der Waals surface area contributed by atoms with Crippen LogP contribution in [-0.4, -0.2) is 67.5 Å². The van der Waals surface area contributed by atoms with Crippen molar-refractivity contribution in [3.63, 3.8) is 0 Å². The smallest absolute Gasteiger partial charge is 0.417 e. The minimum atomic E-state index is -4.84. The average Bonchev–Trinajstić information content (AvgIpc) is 3.17. The van der Waals surface area contributed by atoms with Gasteiger partial charge < -0.3 is 14.9 Å². The van der Waals surface area contributed by atoms with Crippen molar-refractivity contribution >= 4 is 38.0 Å². The van der Waals surface area contributed by atoms with E-state index in [0.29, 0.717) is 6.42 Å². The van der Waals surface area contributed by atoms with Gasteiger partial charge >= 0.3 is 12.3 Å². The molecule has 2 aliphatic heterocycles. The van der Waals surface area contributed by atoms with Crippen LogP contribution in [0.2, 0.25) is 0 Å². The Morgan fingerprint density at radius 3 is 2.26 bits per heavy atom. The van der Waals surface area contributed by atoms with E-state index < -0.39 is 44.7 Å². The molecule has 3 rings (SSSR count). The fraction of sp³-hybridized carbons (Fsp3) is 0.556. The molecular formula is C18H21BrF3N3O5S. The molecule has 172 valence electrons. The summed E-state index contributed by atoms with van der Waals surface area (Å²) < 4.78 is 67.6. The first-order valence-electron chi connectivity index (χ1n) is 9.54. The second kappa shape index (κ2) is 8.94. The van der Waals surface area contributed by atoms with Gasteiger partial charge in [0.25, 0.3) is 0 Å². The number of carbonyl (C=O) groups is 2. The Hall–Kier alpha value is -1.86. The predicted molar refractivity (Wildman–Crippen MR) is 107 cm³/mol. The minimum absolute atomic E-state index is 0.110. The van der Waals surface area contributed by atoms with Gasteiger partial charge in [0, 0.05) is 36.7 Å². The summed E-state index contributed by atoms with van der Waals surface area (Å²) in [7, 11) is -4.43. The first kappa shape index (κ1) is 23.8. The van der Waals surface area contributed by atoms with Gasteiger partial charge in [-0.1, -0.05) is 15.9 Å². The molecule has 2 fully saturated rings. The van der Waals surface area contributed by atoms with E-state index in [1.165, 1.54) is 11.0 Å². The molecule has 1 aromatic rings. The number of benzene rings is 1. The molecule has 2 N–H and O–H groups in total. The standard InChI is InChI=1S/C18H21BrF3N3O5S/c19-12-1-2-15(14(9-12)18(20,21)22)31(29,30)23-13-4-7-24(8-5-13)16(26)11-3-6-25(10-11)17(27)28/h1-2,9,11,13,23H,3-8,10H2,(H,27,28)/t11-/m1/s1. The van der Waals surface area contributed by atoms with E-state index in [9.17, 15) is 31.2 Å². The maximum Gasteiger partial charge on any atom is 0.417 e. The summed E-state index contributed by atoms with van der Waals surface area (Å²) in [5.74, 6) is -0.612. The normalized spacial score (nSPS) is 20.8. The summed E-state index contributed by atoms with van der Waals surface area (Å²) in [6.45, 7) is 0.894. The highest BCUT2D eigenvalue weighted by Crippen LogP contribution is 2.36. The number of carbonyl (C=O) groups excluding carboxylic acids is 1. The molecule has 0 unspecified atom stereocenters. The number of carboxylic acid groups (broad SMARTS) is 1. The van der Waals surface area contributed by atoms with Gasteiger partial charge in [-0.25, -0.2) is 17.9 Å². The van der Waals surface area contributed by atoms with Crippen molar-refractivity contribution in [1.82, 2.24) is 14.5 Å². The van der Waals surface area contributed by atoms with Crippen molar-refractivity contribution in [2.75, 3.05) is 26.2 Å². The quantitative estimate of drug-likeness (QED) is 0.626. The third-order valence-electron chi connectivity index (χ3n) is 5.47. The SMILES string of the molecule is O=C(O)N1CC[C@@H](C(=O)N2CCC(NS(=O)(=O)c3ccc(Br)cc3C(F)(F)F)CC2)C1. The van der Waals surface area contributed by atoms with Crippen LogP contribution in [0.4, 0.5) is 18.0 Å². The minimum Gasteiger partial charge on any atom is -0.465 e.